The van der Waals surface area contributed by atoms with Crippen LogP contribution < -0.4 is 0 Å². The van der Waals surface area contributed by atoms with Gasteiger partial charge in [0.1, 0.15) is 0 Å². The van der Waals surface area contributed by atoms with E-state index in [9.17, 15) is 0 Å². The van der Waals surface area contributed by atoms with Crippen molar-refractivity contribution >= 4 is 0 Å². The van der Waals surface area contributed by atoms with Crippen LogP contribution in [0.15, 0.2) is 24.3 Å². The van der Waals surface area contributed by atoms with Gasteiger partial charge in [-0.1, -0.05) is 85.1 Å². The lowest BCUT2D eigenvalue weighted by Gasteiger charge is -2.46. The summed E-state index contributed by atoms with van der Waals surface area (Å²) in [6.45, 7) is 14.4. The molecule has 1 fully saturated rings. The minimum Gasteiger partial charge on any atom is -0.0648 e. The second kappa shape index (κ2) is 6.77. The van der Waals surface area contributed by atoms with E-state index in [0.29, 0.717) is 16.7 Å². The Morgan fingerprint density at radius 3 is 1.95 bits per heavy atom. The van der Waals surface area contributed by atoms with Gasteiger partial charge >= 0.3 is 0 Å². The lowest BCUT2D eigenvalue weighted by atomic mass is 9.58. The molecule has 0 bridgehead atoms. The van der Waals surface area contributed by atoms with Crippen LogP contribution in [0, 0.1) is 10.8 Å². The van der Waals surface area contributed by atoms with Crippen LogP contribution in [-0.4, -0.2) is 0 Å². The molecule has 1 aliphatic rings. The third-order valence-corrected chi connectivity index (χ3v) is 6.92. The van der Waals surface area contributed by atoms with Crippen molar-refractivity contribution in [3.05, 3.63) is 35.4 Å². The fraction of sp³-hybridized carbons (Fsp3) is 0.727. The first-order valence-electron chi connectivity index (χ1n) is 9.39. The molecule has 2 rings (SSSR count). The average molecular weight is 301 g/mol. The molecule has 0 nitrogen and oxygen atoms in total. The maximum absolute atomic E-state index is 2.46. The zero-order chi connectivity index (χ0) is 16.4. The Morgan fingerprint density at radius 2 is 1.50 bits per heavy atom. The molecule has 0 saturated heterocycles. The van der Waals surface area contributed by atoms with Gasteiger partial charge in [-0.05, 0) is 53.1 Å². The summed E-state index contributed by atoms with van der Waals surface area (Å²) < 4.78 is 0. The second-order valence-corrected chi connectivity index (χ2v) is 8.74. The van der Waals surface area contributed by atoms with Crippen LogP contribution in [-0.2, 0) is 0 Å². The minimum absolute atomic E-state index is 0.323. The summed E-state index contributed by atoms with van der Waals surface area (Å²) in [5, 5.41) is 0. The fourth-order valence-corrected chi connectivity index (χ4v) is 4.35. The van der Waals surface area contributed by atoms with Gasteiger partial charge in [-0.2, -0.15) is 0 Å². The molecule has 0 aliphatic heterocycles. The second-order valence-electron chi connectivity index (χ2n) is 8.74. The Morgan fingerprint density at radius 1 is 0.955 bits per heavy atom. The molecule has 0 heterocycles. The lowest BCUT2D eigenvalue weighted by molar-refractivity contribution is 0.0736. The van der Waals surface area contributed by atoms with E-state index in [2.05, 4.69) is 65.8 Å². The van der Waals surface area contributed by atoms with Crippen LogP contribution in [0.3, 0.4) is 0 Å². The monoisotopic (exact) mass is 300 g/mol. The van der Waals surface area contributed by atoms with Crippen LogP contribution in [0.1, 0.15) is 103 Å². The molecule has 1 aromatic rings. The predicted molar refractivity (Wildman–Crippen MR) is 98.5 cm³/mol. The summed E-state index contributed by atoms with van der Waals surface area (Å²) in [5.41, 5.74) is 3.74. The van der Waals surface area contributed by atoms with Crippen molar-refractivity contribution in [3.8, 4) is 0 Å². The summed E-state index contributed by atoms with van der Waals surface area (Å²) in [6, 6.07) is 9.66. The van der Waals surface area contributed by atoms with E-state index in [1.807, 2.05) is 0 Å². The van der Waals surface area contributed by atoms with Crippen molar-refractivity contribution in [1.29, 1.82) is 0 Å². The van der Waals surface area contributed by atoms with Crippen molar-refractivity contribution in [1.82, 2.24) is 0 Å². The Kier molecular flexibility index (Phi) is 5.41. The number of rotatable bonds is 4. The van der Waals surface area contributed by atoms with Crippen molar-refractivity contribution in [2.75, 3.05) is 0 Å². The summed E-state index contributed by atoms with van der Waals surface area (Å²) >= 11 is 0. The van der Waals surface area contributed by atoms with Gasteiger partial charge in [0.25, 0.3) is 0 Å². The zero-order valence-electron chi connectivity index (χ0n) is 15.7. The van der Waals surface area contributed by atoms with E-state index >= 15 is 0 Å². The number of benzene rings is 1. The van der Waals surface area contributed by atoms with Gasteiger partial charge in [-0.3, -0.25) is 0 Å². The van der Waals surface area contributed by atoms with Gasteiger partial charge in [-0.25, -0.2) is 0 Å². The molecule has 0 spiro atoms. The molecule has 0 amide bonds. The van der Waals surface area contributed by atoms with Gasteiger partial charge in [0.15, 0.2) is 0 Å². The smallest absolute Gasteiger partial charge is 0.0131 e. The summed E-state index contributed by atoms with van der Waals surface area (Å²) in [7, 11) is 0. The number of hydrogen-bond donors (Lipinski definition) is 0. The predicted octanol–water partition coefficient (Wildman–Crippen LogP) is 7.30. The Bertz CT molecular complexity index is 456. The highest BCUT2D eigenvalue weighted by molar-refractivity contribution is 5.29. The Labute approximate surface area is 138 Å². The van der Waals surface area contributed by atoms with Crippen LogP contribution in [0.2, 0.25) is 0 Å². The molecule has 0 heteroatoms. The Balaban J connectivity index is 2.18. The van der Waals surface area contributed by atoms with Gasteiger partial charge in [0, 0.05) is 0 Å². The number of hydrogen-bond acceptors (Lipinski definition) is 0. The van der Waals surface area contributed by atoms with Crippen molar-refractivity contribution in [2.45, 2.75) is 91.9 Å². The first-order chi connectivity index (χ1) is 10.3. The van der Waals surface area contributed by atoms with Crippen LogP contribution in [0.5, 0.6) is 0 Å². The zero-order valence-corrected chi connectivity index (χ0v) is 15.7. The molecule has 0 N–H and O–H groups in total. The van der Waals surface area contributed by atoms with E-state index in [1.54, 1.807) is 5.56 Å². The third kappa shape index (κ3) is 3.42. The van der Waals surface area contributed by atoms with Gasteiger partial charge in [0.2, 0.25) is 0 Å². The summed E-state index contributed by atoms with van der Waals surface area (Å²) in [6.07, 6.45) is 8.28. The SMILES string of the molecule is CCC(C)(C(C)c1ccc(C2CCCCC2)cc1)C(C)(C)C. The highest BCUT2D eigenvalue weighted by Gasteiger charge is 2.40. The van der Waals surface area contributed by atoms with E-state index in [-0.39, 0.29) is 0 Å². The van der Waals surface area contributed by atoms with E-state index < -0.39 is 0 Å². The van der Waals surface area contributed by atoms with Gasteiger partial charge < -0.3 is 0 Å². The lowest BCUT2D eigenvalue weighted by Crippen LogP contribution is -2.37. The molecule has 2 unspecified atom stereocenters. The standard InChI is InChI=1S/C22H36/c1-7-22(6,21(3,4)5)17(2)18-13-15-20(16-14-18)19-11-9-8-10-12-19/h13-17,19H,7-12H2,1-6H3. The maximum atomic E-state index is 2.46. The fourth-order valence-electron chi connectivity index (χ4n) is 4.35. The molecular formula is C22H36. The highest BCUT2D eigenvalue weighted by atomic mass is 14.4. The molecule has 1 saturated carbocycles. The molecular weight excluding hydrogens is 264 g/mol. The van der Waals surface area contributed by atoms with Gasteiger partial charge in [0.05, 0.1) is 0 Å². The molecule has 22 heavy (non-hydrogen) atoms. The molecule has 0 radical (unpaired) electrons. The summed E-state index contributed by atoms with van der Waals surface area (Å²) in [5.74, 6) is 1.41. The van der Waals surface area contributed by atoms with E-state index in [1.165, 1.54) is 44.1 Å². The topological polar surface area (TPSA) is 0 Å². The highest BCUT2D eigenvalue weighted by Crippen LogP contribution is 2.51. The average Bonchev–Trinajstić information content (AvgIpc) is 2.53. The third-order valence-electron chi connectivity index (χ3n) is 6.92. The quantitative estimate of drug-likeness (QED) is 0.547. The largest absolute Gasteiger partial charge is 0.0648 e. The first-order valence-corrected chi connectivity index (χ1v) is 9.39. The maximum Gasteiger partial charge on any atom is -0.0131 e. The molecule has 0 aromatic heterocycles. The molecule has 1 aromatic carbocycles. The van der Waals surface area contributed by atoms with E-state index in [4.69, 9.17) is 0 Å². The molecule has 124 valence electrons. The van der Waals surface area contributed by atoms with Crippen LogP contribution >= 0.6 is 0 Å². The van der Waals surface area contributed by atoms with Crippen molar-refractivity contribution in [3.63, 3.8) is 0 Å². The van der Waals surface area contributed by atoms with Gasteiger partial charge in [-0.15, -0.1) is 0 Å². The normalized spacial score (nSPS) is 21.4. The van der Waals surface area contributed by atoms with Crippen molar-refractivity contribution in [2.24, 2.45) is 10.8 Å². The van der Waals surface area contributed by atoms with Crippen molar-refractivity contribution < 1.29 is 0 Å². The molecule has 2 atom stereocenters. The van der Waals surface area contributed by atoms with E-state index in [0.717, 1.165) is 5.92 Å². The van der Waals surface area contributed by atoms with Crippen LogP contribution in [0.25, 0.3) is 0 Å². The van der Waals surface area contributed by atoms with Crippen LogP contribution in [0.4, 0.5) is 0 Å². The Hall–Kier alpha value is -0.780. The summed E-state index contributed by atoms with van der Waals surface area (Å²) in [4.78, 5) is 0. The molecule has 1 aliphatic carbocycles. The first kappa shape index (κ1) is 17.6. The minimum atomic E-state index is 0.323.